The highest BCUT2D eigenvalue weighted by Crippen LogP contribution is 2.31. The zero-order valence-corrected chi connectivity index (χ0v) is 28.5. The van der Waals surface area contributed by atoms with Crippen LogP contribution >= 0.6 is 0 Å². The summed E-state index contributed by atoms with van der Waals surface area (Å²) in [5, 5.41) is 0. The lowest BCUT2D eigenvalue weighted by molar-refractivity contribution is 0.955. The molecule has 0 amide bonds. The summed E-state index contributed by atoms with van der Waals surface area (Å²) < 4.78 is 0. The second-order valence-electron chi connectivity index (χ2n) is 13.5. The van der Waals surface area contributed by atoms with Crippen molar-refractivity contribution in [2.75, 3.05) is 9.80 Å². The van der Waals surface area contributed by atoms with E-state index < -0.39 is 0 Å². The van der Waals surface area contributed by atoms with Gasteiger partial charge in [-0.2, -0.15) is 0 Å². The summed E-state index contributed by atoms with van der Waals surface area (Å²) in [6.45, 7) is 2.83. The van der Waals surface area contributed by atoms with Gasteiger partial charge in [0.15, 0.2) is 0 Å². The highest BCUT2D eigenvalue weighted by atomic mass is 15.1. The zero-order chi connectivity index (χ0) is 34.0. The maximum absolute atomic E-state index is 5.12. The van der Waals surface area contributed by atoms with Crippen molar-refractivity contribution in [1.29, 1.82) is 0 Å². The van der Waals surface area contributed by atoms with E-state index >= 15 is 0 Å². The van der Waals surface area contributed by atoms with Gasteiger partial charge in [0, 0.05) is 36.6 Å². The average Bonchev–Trinajstić information content (AvgIpc) is 3.19. The second kappa shape index (κ2) is 13.6. The van der Waals surface area contributed by atoms with Crippen LogP contribution in [-0.2, 0) is 32.6 Å². The molecule has 14 rings (SSSR count). The molecule has 8 heterocycles. The third kappa shape index (κ3) is 6.56. The van der Waals surface area contributed by atoms with Gasteiger partial charge in [0.1, 0.15) is 0 Å². The molecule has 8 aliphatic heterocycles. The molecule has 0 fully saturated rings. The topological polar surface area (TPSA) is 31.2 Å². The van der Waals surface area contributed by atoms with Crippen LogP contribution in [-0.4, -0.2) is 11.4 Å². The Kier molecular flexibility index (Phi) is 8.19. The van der Waals surface area contributed by atoms with Crippen molar-refractivity contribution in [2.45, 2.75) is 32.6 Å². The van der Waals surface area contributed by atoms with Crippen molar-refractivity contribution in [3.63, 3.8) is 0 Å². The Labute approximate surface area is 300 Å². The molecule has 0 N–H and O–H groups in total. The first kappa shape index (κ1) is 30.8. The lowest BCUT2D eigenvalue weighted by Gasteiger charge is -2.27. The van der Waals surface area contributed by atoms with Gasteiger partial charge in [-0.25, -0.2) is 0 Å². The Hall–Kier alpha value is -6.26. The zero-order valence-electron chi connectivity index (χ0n) is 28.5. The molecule has 8 aliphatic rings. The van der Waals surface area contributed by atoms with Gasteiger partial charge in [-0.05, 0) is 87.3 Å². The molecular weight excluding hydrogens is 621 g/mol. The summed E-state index contributed by atoms with van der Waals surface area (Å²) in [6, 6.07) is 52.9. The van der Waals surface area contributed by atoms with E-state index in [4.69, 9.17) is 9.98 Å². The molecule has 0 spiro atoms. The van der Waals surface area contributed by atoms with Gasteiger partial charge in [-0.3, -0.25) is 9.98 Å². The highest BCUT2D eigenvalue weighted by molar-refractivity contribution is 6.14. The Bertz CT molecular complexity index is 2180. The van der Waals surface area contributed by atoms with Crippen LogP contribution < -0.4 is 9.80 Å². The first-order chi connectivity index (χ1) is 25.2. The van der Waals surface area contributed by atoms with Crippen molar-refractivity contribution in [1.82, 2.24) is 0 Å². The number of allylic oxidation sites excluding steroid dienone is 2. The highest BCUT2D eigenvalue weighted by Gasteiger charge is 2.19. The summed E-state index contributed by atoms with van der Waals surface area (Å²) in [6.07, 6.45) is 9.57. The largest absolute Gasteiger partial charge is 0.343 e. The van der Waals surface area contributed by atoms with Gasteiger partial charge >= 0.3 is 0 Å². The number of anilines is 2. The molecule has 4 heteroatoms. The second-order valence-corrected chi connectivity index (χ2v) is 13.5. The van der Waals surface area contributed by atoms with E-state index in [1.54, 1.807) is 0 Å². The molecule has 0 saturated carbocycles. The molecule has 0 atom stereocenters. The summed E-state index contributed by atoms with van der Waals surface area (Å²) in [5.74, 6) is 0. The van der Waals surface area contributed by atoms with Crippen LogP contribution in [0.25, 0.3) is 11.1 Å². The van der Waals surface area contributed by atoms with Crippen molar-refractivity contribution >= 4 is 22.8 Å². The lowest BCUT2D eigenvalue weighted by atomic mass is 10.0. The molecule has 0 saturated heterocycles. The molecule has 0 aromatic heterocycles. The SMILES string of the molecule is C1=CN2Cc3ccc(cc3)Cc3ccc(cc3)CN3C=CC(=NCc4cccc(c4)-c4cccc(c4)CN=C1c1ccccc12)c1ccccc13. The normalized spacial score (nSPS) is 15.1. The van der Waals surface area contributed by atoms with Gasteiger partial charge in [0.05, 0.1) is 35.9 Å². The summed E-state index contributed by atoms with van der Waals surface area (Å²) >= 11 is 0. The number of rotatable bonds is 0. The predicted molar refractivity (Wildman–Crippen MR) is 212 cm³/mol. The van der Waals surface area contributed by atoms with Crippen LogP contribution in [0.3, 0.4) is 0 Å². The summed E-state index contributed by atoms with van der Waals surface area (Å²) in [5.41, 5.74) is 16.7. The lowest BCUT2D eigenvalue weighted by Crippen LogP contribution is -2.22. The Morgan fingerprint density at radius 2 is 0.824 bits per heavy atom. The van der Waals surface area contributed by atoms with E-state index in [2.05, 4.69) is 180 Å². The van der Waals surface area contributed by atoms with Crippen LogP contribution in [0.1, 0.15) is 44.5 Å². The Balaban J connectivity index is 1.07. The van der Waals surface area contributed by atoms with E-state index in [9.17, 15) is 0 Å². The molecule has 0 aliphatic carbocycles. The van der Waals surface area contributed by atoms with Crippen molar-refractivity contribution in [2.24, 2.45) is 9.98 Å². The quantitative estimate of drug-likeness (QED) is 0.163. The molecule has 51 heavy (non-hydrogen) atoms. The number of hydrogen-bond acceptors (Lipinski definition) is 4. The minimum Gasteiger partial charge on any atom is -0.343 e. The van der Waals surface area contributed by atoms with Gasteiger partial charge in [0.25, 0.3) is 0 Å². The Morgan fingerprint density at radius 3 is 1.29 bits per heavy atom. The number of hydrogen-bond donors (Lipinski definition) is 0. The van der Waals surface area contributed by atoms with Crippen molar-refractivity contribution in [3.8, 4) is 11.1 Å². The molecule has 6 aromatic rings. The number of nitrogens with zero attached hydrogens (tertiary/aromatic N) is 4. The van der Waals surface area contributed by atoms with E-state index in [1.807, 2.05) is 0 Å². The van der Waals surface area contributed by atoms with Crippen LogP contribution in [0.5, 0.6) is 0 Å². The number of fused-ring (bicyclic) bond motifs is 1. The molecular formula is C47H38N4. The van der Waals surface area contributed by atoms with Crippen LogP contribution in [0, 0.1) is 0 Å². The molecule has 4 nitrogen and oxygen atoms in total. The molecule has 0 radical (unpaired) electrons. The average molecular weight is 659 g/mol. The first-order valence-electron chi connectivity index (χ1n) is 17.7. The maximum Gasteiger partial charge on any atom is 0.0686 e. The smallest absolute Gasteiger partial charge is 0.0686 e. The fraction of sp³-hybridized carbons (Fsp3) is 0.106. The van der Waals surface area contributed by atoms with E-state index in [-0.39, 0.29) is 0 Å². The Morgan fingerprint density at radius 1 is 0.392 bits per heavy atom. The molecule has 246 valence electrons. The third-order valence-corrected chi connectivity index (χ3v) is 10.0. The first-order valence-corrected chi connectivity index (χ1v) is 17.7. The van der Waals surface area contributed by atoms with E-state index in [0.29, 0.717) is 13.1 Å². The van der Waals surface area contributed by atoms with Gasteiger partial charge in [-0.15, -0.1) is 0 Å². The van der Waals surface area contributed by atoms with Gasteiger partial charge < -0.3 is 9.80 Å². The van der Waals surface area contributed by atoms with E-state index in [0.717, 1.165) is 42.1 Å². The molecule has 6 aromatic carbocycles. The van der Waals surface area contributed by atoms with E-state index in [1.165, 1.54) is 55.9 Å². The molecule has 0 unspecified atom stereocenters. The minimum atomic E-state index is 0.613. The van der Waals surface area contributed by atoms with Crippen molar-refractivity contribution in [3.05, 3.63) is 215 Å². The summed E-state index contributed by atoms with van der Waals surface area (Å²) in [4.78, 5) is 14.9. The summed E-state index contributed by atoms with van der Waals surface area (Å²) in [7, 11) is 0. The van der Waals surface area contributed by atoms with Gasteiger partial charge in [-0.1, -0.05) is 121 Å². The van der Waals surface area contributed by atoms with Crippen LogP contribution in [0.2, 0.25) is 0 Å². The minimum absolute atomic E-state index is 0.613. The van der Waals surface area contributed by atoms with Crippen LogP contribution in [0.4, 0.5) is 11.4 Å². The number of benzene rings is 6. The monoisotopic (exact) mass is 658 g/mol. The standard InChI is InChI=1S/C47H38N4/c1-3-13-46-42(11-1)44-23-25-50(46)32-36-19-15-34(16-20-36)27-35-17-21-37(22-18-35)33-51-26-24-45(43-12-2-4-14-47(43)51)49-31-39-8-6-10-41(29-39)40-9-5-7-38(28-40)30-48-44/h1-26,28-29H,27,30-33H2. The maximum atomic E-state index is 5.12. The fourth-order valence-corrected chi connectivity index (χ4v) is 7.30. The van der Waals surface area contributed by atoms with Crippen LogP contribution in [0.15, 0.2) is 180 Å². The molecule has 12 bridgehead atoms. The van der Waals surface area contributed by atoms with Gasteiger partial charge in [0.2, 0.25) is 0 Å². The predicted octanol–water partition coefficient (Wildman–Crippen LogP) is 10.3. The third-order valence-electron chi connectivity index (χ3n) is 10.0. The van der Waals surface area contributed by atoms with Crippen molar-refractivity contribution < 1.29 is 0 Å². The number of aliphatic imine (C=N–C) groups is 2. The number of para-hydroxylation sites is 2. The fourth-order valence-electron chi connectivity index (χ4n) is 7.30.